The zero-order valence-electron chi connectivity index (χ0n) is 11.5. The Labute approximate surface area is 121 Å². The van der Waals surface area contributed by atoms with Crippen LogP contribution in [0.15, 0.2) is 18.3 Å². The Morgan fingerprint density at radius 2 is 2.30 bits per heavy atom. The first-order valence-electron chi connectivity index (χ1n) is 5.99. The third-order valence-electron chi connectivity index (χ3n) is 2.86. The van der Waals surface area contributed by atoms with Crippen molar-refractivity contribution in [1.29, 1.82) is 0 Å². The van der Waals surface area contributed by atoms with Crippen molar-refractivity contribution in [3.63, 3.8) is 0 Å². The second-order valence-corrected chi connectivity index (χ2v) is 4.59. The minimum Gasteiger partial charge on any atom is -0.481 e. The van der Waals surface area contributed by atoms with Gasteiger partial charge in [0.15, 0.2) is 0 Å². The van der Waals surface area contributed by atoms with E-state index in [0.717, 1.165) is 5.56 Å². The van der Waals surface area contributed by atoms with Gasteiger partial charge in [-0.05, 0) is 13.0 Å². The maximum Gasteiger partial charge on any atom is 0.256 e. The highest BCUT2D eigenvalue weighted by molar-refractivity contribution is 6.33. The lowest BCUT2D eigenvalue weighted by molar-refractivity contribution is 0.0950. The Morgan fingerprint density at radius 3 is 2.90 bits per heavy atom. The number of pyridine rings is 1. The number of aryl methyl sites for hydroxylation is 2. The zero-order valence-corrected chi connectivity index (χ0v) is 12.2. The van der Waals surface area contributed by atoms with Crippen molar-refractivity contribution < 1.29 is 9.53 Å². The molecule has 0 spiro atoms. The predicted molar refractivity (Wildman–Crippen MR) is 74.9 cm³/mol. The number of ether oxygens (including phenoxy) is 1. The fourth-order valence-corrected chi connectivity index (χ4v) is 2.15. The SMILES string of the molecule is COc1ncccc1CNC(=O)c1c(C)nn(C)c1Cl. The van der Waals surface area contributed by atoms with Crippen LogP contribution in [0.4, 0.5) is 0 Å². The van der Waals surface area contributed by atoms with Crippen LogP contribution in [0.3, 0.4) is 0 Å². The predicted octanol–water partition coefficient (Wildman–Crippen LogP) is 1.72. The minimum atomic E-state index is -0.272. The molecule has 106 valence electrons. The van der Waals surface area contributed by atoms with Gasteiger partial charge in [-0.3, -0.25) is 9.48 Å². The summed E-state index contributed by atoms with van der Waals surface area (Å²) < 4.78 is 6.60. The molecule has 2 rings (SSSR count). The lowest BCUT2D eigenvalue weighted by Crippen LogP contribution is -2.24. The van der Waals surface area contributed by atoms with Crippen molar-refractivity contribution >= 4 is 17.5 Å². The smallest absolute Gasteiger partial charge is 0.256 e. The minimum absolute atomic E-state index is 0.272. The molecule has 0 unspecified atom stereocenters. The van der Waals surface area contributed by atoms with Crippen molar-refractivity contribution in [2.24, 2.45) is 7.05 Å². The summed E-state index contributed by atoms with van der Waals surface area (Å²) in [5.74, 6) is 0.216. The number of methoxy groups -OCH3 is 1. The van der Waals surface area contributed by atoms with Gasteiger partial charge in [-0.25, -0.2) is 4.98 Å². The molecule has 0 saturated carbocycles. The van der Waals surface area contributed by atoms with Gasteiger partial charge >= 0.3 is 0 Å². The van der Waals surface area contributed by atoms with Gasteiger partial charge in [0.25, 0.3) is 5.91 Å². The van der Waals surface area contributed by atoms with Crippen molar-refractivity contribution in [3.05, 3.63) is 40.3 Å². The Hall–Kier alpha value is -2.08. The molecule has 0 aromatic carbocycles. The van der Waals surface area contributed by atoms with Crippen molar-refractivity contribution in [1.82, 2.24) is 20.1 Å². The van der Waals surface area contributed by atoms with Crippen LogP contribution in [0, 0.1) is 6.92 Å². The molecule has 20 heavy (non-hydrogen) atoms. The monoisotopic (exact) mass is 294 g/mol. The van der Waals surface area contributed by atoms with E-state index in [1.165, 1.54) is 11.8 Å². The number of hydrogen-bond donors (Lipinski definition) is 1. The average molecular weight is 295 g/mol. The molecule has 0 atom stereocenters. The van der Waals surface area contributed by atoms with Crippen LogP contribution in [0.25, 0.3) is 0 Å². The van der Waals surface area contributed by atoms with Crippen LogP contribution < -0.4 is 10.1 Å². The van der Waals surface area contributed by atoms with Crippen molar-refractivity contribution in [3.8, 4) is 5.88 Å². The van der Waals surface area contributed by atoms with Crippen LogP contribution in [0.5, 0.6) is 5.88 Å². The number of hydrogen-bond acceptors (Lipinski definition) is 4. The fourth-order valence-electron chi connectivity index (χ4n) is 1.89. The van der Waals surface area contributed by atoms with E-state index in [1.807, 2.05) is 6.07 Å². The van der Waals surface area contributed by atoms with E-state index in [2.05, 4.69) is 15.4 Å². The van der Waals surface area contributed by atoms with Gasteiger partial charge in [-0.1, -0.05) is 17.7 Å². The number of nitrogens with zero attached hydrogens (tertiary/aromatic N) is 3. The molecule has 0 aliphatic carbocycles. The highest BCUT2D eigenvalue weighted by Gasteiger charge is 2.18. The highest BCUT2D eigenvalue weighted by Crippen LogP contribution is 2.19. The number of aromatic nitrogens is 3. The molecule has 7 heteroatoms. The van der Waals surface area contributed by atoms with Crippen molar-refractivity contribution in [2.75, 3.05) is 7.11 Å². The first-order valence-corrected chi connectivity index (χ1v) is 6.37. The summed E-state index contributed by atoms with van der Waals surface area (Å²) in [6.07, 6.45) is 1.63. The summed E-state index contributed by atoms with van der Waals surface area (Å²) in [5.41, 5.74) is 1.77. The zero-order chi connectivity index (χ0) is 14.7. The van der Waals surface area contributed by atoms with E-state index >= 15 is 0 Å². The molecule has 1 amide bonds. The summed E-state index contributed by atoms with van der Waals surface area (Å²) in [7, 11) is 3.23. The number of rotatable bonds is 4. The Morgan fingerprint density at radius 1 is 1.55 bits per heavy atom. The van der Waals surface area contributed by atoms with Gasteiger partial charge in [0, 0.05) is 25.4 Å². The largest absolute Gasteiger partial charge is 0.481 e. The Balaban J connectivity index is 2.13. The number of amides is 1. The van der Waals surface area contributed by atoms with E-state index in [0.29, 0.717) is 28.8 Å². The van der Waals surface area contributed by atoms with E-state index in [4.69, 9.17) is 16.3 Å². The van der Waals surface area contributed by atoms with Crippen LogP contribution in [-0.2, 0) is 13.6 Å². The van der Waals surface area contributed by atoms with E-state index in [-0.39, 0.29) is 5.91 Å². The van der Waals surface area contributed by atoms with Gasteiger partial charge in [-0.2, -0.15) is 5.10 Å². The maximum atomic E-state index is 12.2. The van der Waals surface area contributed by atoms with Gasteiger partial charge < -0.3 is 10.1 Å². The molecule has 0 saturated heterocycles. The third-order valence-corrected chi connectivity index (χ3v) is 3.30. The standard InChI is InChI=1S/C13H15ClN4O2/c1-8-10(11(14)18(2)17-8)12(19)16-7-9-5-4-6-15-13(9)20-3/h4-6H,7H2,1-3H3,(H,16,19). The fraction of sp³-hybridized carbons (Fsp3) is 0.308. The molecule has 0 fully saturated rings. The van der Waals surface area contributed by atoms with Gasteiger partial charge in [-0.15, -0.1) is 0 Å². The van der Waals surface area contributed by atoms with Gasteiger partial charge in [0.05, 0.1) is 18.4 Å². The summed E-state index contributed by atoms with van der Waals surface area (Å²) >= 11 is 6.05. The first kappa shape index (κ1) is 14.3. The third kappa shape index (κ3) is 2.75. The number of halogens is 1. The highest BCUT2D eigenvalue weighted by atomic mass is 35.5. The number of nitrogens with one attached hydrogen (secondary N) is 1. The number of carbonyl (C=O) groups is 1. The molecule has 2 heterocycles. The molecular formula is C13H15ClN4O2. The van der Waals surface area contributed by atoms with E-state index < -0.39 is 0 Å². The molecule has 0 aliphatic rings. The molecule has 0 radical (unpaired) electrons. The van der Waals surface area contributed by atoms with E-state index in [1.54, 1.807) is 26.2 Å². The first-order chi connectivity index (χ1) is 9.54. The quantitative estimate of drug-likeness (QED) is 0.932. The molecule has 0 bridgehead atoms. The average Bonchev–Trinajstić information content (AvgIpc) is 2.70. The van der Waals surface area contributed by atoms with Crippen molar-refractivity contribution in [2.45, 2.75) is 13.5 Å². The molecule has 2 aromatic rings. The topological polar surface area (TPSA) is 69.0 Å². The summed E-state index contributed by atoms with van der Waals surface area (Å²) in [6.45, 7) is 2.05. The summed E-state index contributed by atoms with van der Waals surface area (Å²) in [5, 5.41) is 7.21. The second kappa shape index (κ2) is 5.92. The van der Waals surface area contributed by atoms with Gasteiger partial charge in [0.1, 0.15) is 5.15 Å². The Bertz CT molecular complexity index is 639. The maximum absolute atomic E-state index is 12.2. The second-order valence-electron chi connectivity index (χ2n) is 4.23. The number of carbonyl (C=O) groups excluding carboxylic acids is 1. The van der Waals surface area contributed by atoms with E-state index in [9.17, 15) is 4.79 Å². The lowest BCUT2D eigenvalue weighted by atomic mass is 10.2. The summed E-state index contributed by atoms with van der Waals surface area (Å²) in [6, 6.07) is 3.62. The van der Waals surface area contributed by atoms with Crippen LogP contribution in [0.2, 0.25) is 5.15 Å². The molecule has 2 aromatic heterocycles. The lowest BCUT2D eigenvalue weighted by Gasteiger charge is -2.08. The normalized spacial score (nSPS) is 10.4. The molecule has 0 aliphatic heterocycles. The van der Waals surface area contributed by atoms with Crippen LogP contribution in [0.1, 0.15) is 21.6 Å². The summed E-state index contributed by atoms with van der Waals surface area (Å²) in [4.78, 5) is 16.2. The van der Waals surface area contributed by atoms with Crippen LogP contribution in [-0.4, -0.2) is 27.8 Å². The molecule has 6 nitrogen and oxygen atoms in total. The van der Waals surface area contributed by atoms with Crippen LogP contribution >= 0.6 is 11.6 Å². The van der Waals surface area contributed by atoms with Gasteiger partial charge in [0.2, 0.25) is 5.88 Å². The molecular weight excluding hydrogens is 280 g/mol. The molecule has 1 N–H and O–H groups in total. The Kier molecular flexibility index (Phi) is 4.24.